The highest BCUT2D eigenvalue weighted by Gasteiger charge is 2.33. The number of halogens is 6. The van der Waals surface area contributed by atoms with Crippen molar-refractivity contribution in [2.45, 2.75) is 6.18 Å². The lowest BCUT2D eigenvalue weighted by Gasteiger charge is -2.12. The molecule has 0 fully saturated rings. The highest BCUT2D eigenvalue weighted by molar-refractivity contribution is 6.31. The van der Waals surface area contributed by atoms with Crippen LogP contribution in [-0.2, 0) is 11.0 Å². The number of carbonyl (C=O) groups is 1. The van der Waals surface area contributed by atoms with Gasteiger partial charge in [-0.05, 0) is 30.3 Å². The van der Waals surface area contributed by atoms with E-state index < -0.39 is 46.5 Å². The number of rotatable bonds is 4. The molecular weight excluding hydrogens is 355 g/mol. The molecule has 0 aliphatic carbocycles. The Morgan fingerprint density at radius 1 is 1.08 bits per heavy atom. The van der Waals surface area contributed by atoms with Gasteiger partial charge >= 0.3 is 6.18 Å². The van der Waals surface area contributed by atoms with Gasteiger partial charge in [0.2, 0.25) is 5.91 Å². The third-order valence-electron chi connectivity index (χ3n) is 2.94. The summed E-state index contributed by atoms with van der Waals surface area (Å²) in [6, 6.07) is 5.99. The van der Waals surface area contributed by atoms with Crippen LogP contribution in [0.25, 0.3) is 0 Å². The van der Waals surface area contributed by atoms with Crippen molar-refractivity contribution in [2.24, 2.45) is 0 Å². The second-order valence-corrected chi connectivity index (χ2v) is 5.10. The monoisotopic (exact) mass is 364 g/mol. The molecule has 2 rings (SSSR count). The summed E-state index contributed by atoms with van der Waals surface area (Å²) < 4.78 is 65.0. The summed E-state index contributed by atoms with van der Waals surface area (Å²) in [4.78, 5) is 11.7. The molecule has 2 aromatic rings. The average molecular weight is 365 g/mol. The minimum absolute atomic E-state index is 0.146. The van der Waals surface area contributed by atoms with Gasteiger partial charge in [-0.3, -0.25) is 4.79 Å². The molecule has 0 bridgehead atoms. The number of hydrogen-bond acceptors (Lipinski definition) is 2. The summed E-state index contributed by atoms with van der Waals surface area (Å²) in [5.41, 5.74) is -1.75. The van der Waals surface area contributed by atoms with Gasteiger partial charge in [-0.15, -0.1) is 0 Å². The zero-order chi connectivity index (χ0) is 17.9. The van der Waals surface area contributed by atoms with Gasteiger partial charge in [0.15, 0.2) is 0 Å². The molecule has 1 amide bonds. The van der Waals surface area contributed by atoms with Crippen LogP contribution >= 0.6 is 11.6 Å². The van der Waals surface area contributed by atoms with E-state index in [2.05, 4.69) is 10.6 Å². The third-order valence-corrected chi connectivity index (χ3v) is 3.27. The Morgan fingerprint density at radius 2 is 1.71 bits per heavy atom. The average Bonchev–Trinajstić information content (AvgIpc) is 2.47. The predicted octanol–water partition coefficient (Wildman–Crippen LogP) is 4.69. The Hall–Kier alpha value is -2.35. The van der Waals surface area contributed by atoms with Crippen LogP contribution < -0.4 is 10.6 Å². The molecular formula is C15H10ClF5N2O. The molecule has 24 heavy (non-hydrogen) atoms. The van der Waals surface area contributed by atoms with E-state index in [0.29, 0.717) is 6.07 Å². The van der Waals surface area contributed by atoms with E-state index >= 15 is 0 Å². The SMILES string of the molecule is O=C(CNc1c(F)cccc1F)Nc1ccc(Cl)c(C(F)(F)F)c1. The zero-order valence-corrected chi connectivity index (χ0v) is 12.6. The fourth-order valence-corrected chi connectivity index (χ4v) is 2.09. The molecule has 0 aromatic heterocycles. The van der Waals surface area contributed by atoms with Crippen LogP contribution in [0.1, 0.15) is 5.56 Å². The van der Waals surface area contributed by atoms with Crippen LogP contribution in [-0.4, -0.2) is 12.5 Å². The minimum Gasteiger partial charge on any atom is -0.371 e. The Balaban J connectivity index is 2.05. The predicted molar refractivity (Wildman–Crippen MR) is 79.9 cm³/mol. The standard InChI is InChI=1S/C15H10ClF5N2O/c16-10-5-4-8(6-9(10)15(19,20)21)23-13(24)7-22-14-11(17)2-1-3-12(14)18/h1-6,22H,7H2,(H,23,24). The molecule has 0 aliphatic heterocycles. The number of hydrogen-bond donors (Lipinski definition) is 2. The molecule has 128 valence electrons. The van der Waals surface area contributed by atoms with Crippen molar-refractivity contribution >= 4 is 28.9 Å². The number of anilines is 2. The van der Waals surface area contributed by atoms with Gasteiger partial charge in [0.1, 0.15) is 17.3 Å². The van der Waals surface area contributed by atoms with Crippen molar-refractivity contribution in [1.82, 2.24) is 0 Å². The van der Waals surface area contributed by atoms with E-state index in [1.54, 1.807) is 0 Å². The number of nitrogens with one attached hydrogen (secondary N) is 2. The molecule has 9 heteroatoms. The number of alkyl halides is 3. The van der Waals surface area contributed by atoms with E-state index in [1.807, 2.05) is 0 Å². The first-order valence-corrected chi connectivity index (χ1v) is 6.91. The first-order valence-electron chi connectivity index (χ1n) is 6.53. The topological polar surface area (TPSA) is 41.1 Å². The second-order valence-electron chi connectivity index (χ2n) is 4.69. The third kappa shape index (κ3) is 4.35. The molecule has 0 atom stereocenters. The van der Waals surface area contributed by atoms with E-state index in [-0.39, 0.29) is 5.69 Å². The van der Waals surface area contributed by atoms with Crippen LogP contribution in [0.4, 0.5) is 33.3 Å². The van der Waals surface area contributed by atoms with Gasteiger partial charge in [0.25, 0.3) is 0 Å². The molecule has 0 heterocycles. The van der Waals surface area contributed by atoms with Crippen LogP contribution in [0.5, 0.6) is 0 Å². The van der Waals surface area contributed by atoms with Crippen molar-refractivity contribution in [3.63, 3.8) is 0 Å². The summed E-state index contributed by atoms with van der Waals surface area (Å²) in [6.07, 6.45) is -4.67. The Bertz CT molecular complexity index is 744. The van der Waals surface area contributed by atoms with E-state index in [0.717, 1.165) is 24.3 Å². The fraction of sp³-hybridized carbons (Fsp3) is 0.133. The quantitative estimate of drug-likeness (QED) is 0.773. The Kier molecular flexibility index (Phi) is 5.28. The number of para-hydroxylation sites is 1. The van der Waals surface area contributed by atoms with Gasteiger partial charge in [-0.1, -0.05) is 17.7 Å². The molecule has 0 saturated carbocycles. The molecule has 0 aliphatic rings. The van der Waals surface area contributed by atoms with Gasteiger partial charge in [-0.25, -0.2) is 8.78 Å². The molecule has 0 unspecified atom stereocenters. The maximum Gasteiger partial charge on any atom is 0.417 e. The number of benzene rings is 2. The van der Waals surface area contributed by atoms with Crippen LogP contribution in [0.3, 0.4) is 0 Å². The van der Waals surface area contributed by atoms with Gasteiger partial charge in [0.05, 0.1) is 17.1 Å². The van der Waals surface area contributed by atoms with Crippen molar-refractivity contribution in [3.05, 3.63) is 58.6 Å². The highest BCUT2D eigenvalue weighted by atomic mass is 35.5. The first-order chi connectivity index (χ1) is 11.2. The molecule has 0 saturated heterocycles. The highest BCUT2D eigenvalue weighted by Crippen LogP contribution is 2.36. The number of carbonyl (C=O) groups excluding carboxylic acids is 1. The summed E-state index contributed by atoms with van der Waals surface area (Å²) in [6.45, 7) is -0.540. The lowest BCUT2D eigenvalue weighted by molar-refractivity contribution is -0.137. The van der Waals surface area contributed by atoms with E-state index in [4.69, 9.17) is 11.6 Å². The normalized spacial score (nSPS) is 11.2. The van der Waals surface area contributed by atoms with Gasteiger partial charge < -0.3 is 10.6 Å². The van der Waals surface area contributed by atoms with Crippen molar-refractivity contribution in [1.29, 1.82) is 0 Å². The largest absolute Gasteiger partial charge is 0.417 e. The summed E-state index contributed by atoms with van der Waals surface area (Å²) in [5.74, 6) is -2.57. The molecule has 0 radical (unpaired) electrons. The smallest absolute Gasteiger partial charge is 0.371 e. The van der Waals surface area contributed by atoms with Gasteiger partial charge in [-0.2, -0.15) is 13.2 Å². The maximum absolute atomic E-state index is 13.4. The van der Waals surface area contributed by atoms with Crippen LogP contribution in [0.2, 0.25) is 5.02 Å². The second kappa shape index (κ2) is 7.04. The van der Waals surface area contributed by atoms with E-state index in [9.17, 15) is 26.7 Å². The number of amides is 1. The summed E-state index contributed by atoms with van der Waals surface area (Å²) in [7, 11) is 0. The van der Waals surface area contributed by atoms with E-state index in [1.165, 1.54) is 6.07 Å². The summed E-state index contributed by atoms with van der Waals surface area (Å²) in [5, 5.41) is 3.93. The minimum atomic E-state index is -4.67. The Morgan fingerprint density at radius 3 is 2.29 bits per heavy atom. The zero-order valence-electron chi connectivity index (χ0n) is 11.8. The lowest BCUT2D eigenvalue weighted by atomic mass is 10.2. The lowest BCUT2D eigenvalue weighted by Crippen LogP contribution is -2.23. The molecule has 2 aromatic carbocycles. The Labute approximate surface area is 138 Å². The molecule has 3 nitrogen and oxygen atoms in total. The van der Waals surface area contributed by atoms with Gasteiger partial charge in [0, 0.05) is 5.69 Å². The van der Waals surface area contributed by atoms with Crippen LogP contribution in [0, 0.1) is 11.6 Å². The van der Waals surface area contributed by atoms with Crippen molar-refractivity contribution < 1.29 is 26.7 Å². The first kappa shape index (κ1) is 18.0. The fourth-order valence-electron chi connectivity index (χ4n) is 1.86. The van der Waals surface area contributed by atoms with Crippen molar-refractivity contribution in [2.75, 3.05) is 17.2 Å². The van der Waals surface area contributed by atoms with Crippen molar-refractivity contribution in [3.8, 4) is 0 Å². The maximum atomic E-state index is 13.4. The molecule has 2 N–H and O–H groups in total. The van der Waals surface area contributed by atoms with Crippen LogP contribution in [0.15, 0.2) is 36.4 Å². The molecule has 0 spiro atoms. The summed E-state index contributed by atoms with van der Waals surface area (Å²) >= 11 is 5.47.